The smallest absolute Gasteiger partial charge is 0.143 e. The molecule has 0 saturated heterocycles. The van der Waals surface area contributed by atoms with Crippen LogP contribution in [0.25, 0.3) is 0 Å². The van der Waals surface area contributed by atoms with Crippen molar-refractivity contribution in [3.8, 4) is 5.75 Å². The summed E-state index contributed by atoms with van der Waals surface area (Å²) < 4.78 is 5.88. The molecule has 0 amide bonds. The number of nitrogens with one attached hydrogen (secondary N) is 1. The van der Waals surface area contributed by atoms with Crippen molar-refractivity contribution >= 4 is 5.69 Å². The minimum absolute atomic E-state index is 0.809. The first-order valence-electron chi connectivity index (χ1n) is 7.03. The number of rotatable bonds is 1. The summed E-state index contributed by atoms with van der Waals surface area (Å²) in [4.78, 5) is 2.36. The average molecular weight is 246 g/mol. The maximum Gasteiger partial charge on any atom is 0.143 e. The van der Waals surface area contributed by atoms with Gasteiger partial charge in [-0.2, -0.15) is 0 Å². The molecular formula is C15H22N2O. The third kappa shape index (κ3) is 1.87. The zero-order valence-electron chi connectivity index (χ0n) is 11.4. The summed E-state index contributed by atoms with van der Waals surface area (Å²) in [5.41, 5.74) is 5.90. The SMILES string of the molecule is CCc1c2c(cc3c1N(C)CCO3)CCNCC2. The Kier molecular flexibility index (Phi) is 3.16. The minimum Gasteiger partial charge on any atom is -0.490 e. The lowest BCUT2D eigenvalue weighted by molar-refractivity contribution is 0.310. The lowest BCUT2D eigenvalue weighted by atomic mass is 9.92. The van der Waals surface area contributed by atoms with E-state index < -0.39 is 0 Å². The van der Waals surface area contributed by atoms with Crippen LogP contribution in [0, 0.1) is 0 Å². The number of hydrogen-bond acceptors (Lipinski definition) is 3. The summed E-state index contributed by atoms with van der Waals surface area (Å²) in [6.07, 6.45) is 3.38. The number of ether oxygens (including phenoxy) is 1. The van der Waals surface area contributed by atoms with Crippen molar-refractivity contribution in [1.82, 2.24) is 5.32 Å². The Labute approximate surface area is 109 Å². The summed E-state index contributed by atoms with van der Waals surface area (Å²) in [7, 11) is 2.18. The van der Waals surface area contributed by atoms with E-state index >= 15 is 0 Å². The molecule has 98 valence electrons. The van der Waals surface area contributed by atoms with Gasteiger partial charge in [0.05, 0.1) is 12.2 Å². The van der Waals surface area contributed by atoms with Gasteiger partial charge in [-0.15, -0.1) is 0 Å². The fourth-order valence-corrected chi connectivity index (χ4v) is 3.21. The van der Waals surface area contributed by atoms with Gasteiger partial charge in [-0.25, -0.2) is 0 Å². The molecule has 2 heterocycles. The van der Waals surface area contributed by atoms with Crippen LogP contribution in [0.4, 0.5) is 5.69 Å². The number of fused-ring (bicyclic) bond motifs is 2. The van der Waals surface area contributed by atoms with Crippen molar-refractivity contribution < 1.29 is 4.74 Å². The van der Waals surface area contributed by atoms with Crippen LogP contribution in [0.1, 0.15) is 23.6 Å². The first-order valence-corrected chi connectivity index (χ1v) is 7.03. The monoisotopic (exact) mass is 246 g/mol. The third-order valence-electron chi connectivity index (χ3n) is 4.12. The molecule has 2 aliphatic rings. The van der Waals surface area contributed by atoms with Crippen molar-refractivity contribution in [2.75, 3.05) is 38.2 Å². The topological polar surface area (TPSA) is 24.5 Å². The quantitative estimate of drug-likeness (QED) is 0.817. The second-order valence-corrected chi connectivity index (χ2v) is 5.21. The maximum absolute atomic E-state index is 5.88. The minimum atomic E-state index is 0.809. The molecule has 1 aromatic rings. The summed E-state index contributed by atoms with van der Waals surface area (Å²) >= 11 is 0. The second kappa shape index (κ2) is 4.81. The van der Waals surface area contributed by atoms with Crippen LogP contribution in [0.5, 0.6) is 5.75 Å². The number of benzene rings is 1. The number of likely N-dealkylation sites (N-methyl/N-ethyl adjacent to an activating group) is 1. The molecule has 18 heavy (non-hydrogen) atoms. The molecule has 0 saturated carbocycles. The van der Waals surface area contributed by atoms with Gasteiger partial charge < -0.3 is 15.0 Å². The van der Waals surface area contributed by atoms with Gasteiger partial charge >= 0.3 is 0 Å². The fraction of sp³-hybridized carbons (Fsp3) is 0.600. The summed E-state index contributed by atoms with van der Waals surface area (Å²) in [6.45, 7) is 6.26. The van der Waals surface area contributed by atoms with E-state index in [1.807, 2.05) is 0 Å². The Hall–Kier alpha value is -1.22. The molecule has 0 fully saturated rings. The van der Waals surface area contributed by atoms with E-state index in [0.717, 1.165) is 51.3 Å². The Balaban J connectivity index is 2.17. The highest BCUT2D eigenvalue weighted by molar-refractivity contribution is 5.69. The molecule has 1 N–H and O–H groups in total. The molecule has 0 aromatic heterocycles. The Morgan fingerprint density at radius 3 is 3.00 bits per heavy atom. The first-order chi connectivity index (χ1) is 8.81. The van der Waals surface area contributed by atoms with Crippen LogP contribution in [0.3, 0.4) is 0 Å². The number of nitrogens with zero attached hydrogens (tertiary/aromatic N) is 1. The zero-order chi connectivity index (χ0) is 12.5. The van der Waals surface area contributed by atoms with Gasteiger partial charge in [-0.1, -0.05) is 6.92 Å². The second-order valence-electron chi connectivity index (χ2n) is 5.21. The van der Waals surface area contributed by atoms with Crippen LogP contribution in [-0.2, 0) is 19.3 Å². The predicted octanol–water partition coefficient (Wildman–Crippen LogP) is 1.77. The molecule has 0 atom stereocenters. The average Bonchev–Trinajstić information content (AvgIpc) is 2.61. The maximum atomic E-state index is 5.88. The zero-order valence-corrected chi connectivity index (χ0v) is 11.4. The van der Waals surface area contributed by atoms with Gasteiger partial charge in [0.15, 0.2) is 0 Å². The molecule has 0 unspecified atom stereocenters. The van der Waals surface area contributed by atoms with Gasteiger partial charge in [0.1, 0.15) is 12.4 Å². The van der Waals surface area contributed by atoms with Crippen LogP contribution in [0.15, 0.2) is 6.07 Å². The van der Waals surface area contributed by atoms with E-state index in [2.05, 4.69) is 30.3 Å². The van der Waals surface area contributed by atoms with Gasteiger partial charge in [-0.3, -0.25) is 0 Å². The summed E-state index contributed by atoms with van der Waals surface area (Å²) in [6, 6.07) is 2.28. The van der Waals surface area contributed by atoms with Crippen molar-refractivity contribution in [2.24, 2.45) is 0 Å². The Bertz CT molecular complexity index is 456. The molecule has 0 bridgehead atoms. The highest BCUT2D eigenvalue weighted by atomic mass is 16.5. The van der Waals surface area contributed by atoms with Gasteiger partial charge in [-0.05, 0) is 55.1 Å². The molecule has 0 aliphatic carbocycles. The fourth-order valence-electron chi connectivity index (χ4n) is 3.21. The van der Waals surface area contributed by atoms with E-state index in [1.54, 1.807) is 5.56 Å². The van der Waals surface area contributed by atoms with E-state index in [1.165, 1.54) is 16.8 Å². The summed E-state index contributed by atoms with van der Waals surface area (Å²) in [5, 5.41) is 3.49. The van der Waals surface area contributed by atoms with Crippen molar-refractivity contribution in [1.29, 1.82) is 0 Å². The third-order valence-corrected chi connectivity index (χ3v) is 4.12. The highest BCUT2D eigenvalue weighted by Crippen LogP contribution is 2.39. The van der Waals surface area contributed by atoms with Crippen LogP contribution in [-0.4, -0.2) is 33.3 Å². The van der Waals surface area contributed by atoms with Crippen molar-refractivity contribution in [2.45, 2.75) is 26.2 Å². The van der Waals surface area contributed by atoms with E-state index in [4.69, 9.17) is 4.74 Å². The van der Waals surface area contributed by atoms with Gasteiger partial charge in [0.25, 0.3) is 0 Å². The Morgan fingerprint density at radius 2 is 2.17 bits per heavy atom. The van der Waals surface area contributed by atoms with Crippen LogP contribution < -0.4 is 15.0 Å². The van der Waals surface area contributed by atoms with E-state index in [9.17, 15) is 0 Å². The van der Waals surface area contributed by atoms with Gasteiger partial charge in [0, 0.05) is 7.05 Å². The molecule has 3 nitrogen and oxygen atoms in total. The molecule has 3 heteroatoms. The molecule has 3 rings (SSSR count). The lowest BCUT2D eigenvalue weighted by Gasteiger charge is -2.32. The summed E-state index contributed by atoms with van der Waals surface area (Å²) in [5.74, 6) is 1.10. The normalized spacial score (nSPS) is 18.7. The van der Waals surface area contributed by atoms with E-state index in [0.29, 0.717) is 0 Å². The van der Waals surface area contributed by atoms with Crippen molar-refractivity contribution in [3.63, 3.8) is 0 Å². The standard InChI is InChI=1S/C15H22N2O/c1-3-12-13-5-7-16-6-4-11(13)10-14-15(12)17(2)8-9-18-14/h10,16H,3-9H2,1-2H3. The van der Waals surface area contributed by atoms with Crippen molar-refractivity contribution in [3.05, 3.63) is 22.8 Å². The molecule has 0 radical (unpaired) electrons. The first kappa shape index (κ1) is 11.8. The Morgan fingerprint density at radius 1 is 1.33 bits per heavy atom. The largest absolute Gasteiger partial charge is 0.490 e. The number of anilines is 1. The number of hydrogen-bond donors (Lipinski definition) is 1. The van der Waals surface area contributed by atoms with Crippen LogP contribution >= 0.6 is 0 Å². The van der Waals surface area contributed by atoms with Gasteiger partial charge in [0.2, 0.25) is 0 Å². The molecular weight excluding hydrogens is 224 g/mol. The highest BCUT2D eigenvalue weighted by Gasteiger charge is 2.23. The molecule has 0 spiro atoms. The molecule has 2 aliphatic heterocycles. The molecule has 1 aromatic carbocycles. The van der Waals surface area contributed by atoms with E-state index in [-0.39, 0.29) is 0 Å². The van der Waals surface area contributed by atoms with Crippen LogP contribution in [0.2, 0.25) is 0 Å². The lowest BCUT2D eigenvalue weighted by Crippen LogP contribution is -2.30. The predicted molar refractivity (Wildman–Crippen MR) is 74.9 cm³/mol.